The van der Waals surface area contributed by atoms with Crippen LogP contribution in [0.25, 0.3) is 0 Å². The van der Waals surface area contributed by atoms with E-state index in [1.807, 2.05) is 0 Å². The lowest BCUT2D eigenvalue weighted by atomic mass is 9.68. The van der Waals surface area contributed by atoms with Crippen LogP contribution in [0, 0.1) is 17.3 Å². The number of nitrogens with two attached hydrogens (primary N) is 1. The molecular formula is C14H30N2. The summed E-state index contributed by atoms with van der Waals surface area (Å²) in [5.74, 6) is 7.30. The van der Waals surface area contributed by atoms with Gasteiger partial charge in [-0.3, -0.25) is 11.3 Å². The Hall–Kier alpha value is -0.0800. The fraction of sp³-hybridized carbons (Fsp3) is 1.00. The van der Waals surface area contributed by atoms with Crippen LogP contribution in [-0.4, -0.2) is 6.04 Å². The molecule has 2 unspecified atom stereocenters. The van der Waals surface area contributed by atoms with Crippen LogP contribution < -0.4 is 11.3 Å². The molecule has 0 saturated heterocycles. The highest BCUT2D eigenvalue weighted by atomic mass is 15.2. The quantitative estimate of drug-likeness (QED) is 0.537. The van der Waals surface area contributed by atoms with Crippen molar-refractivity contribution < 1.29 is 0 Å². The van der Waals surface area contributed by atoms with Gasteiger partial charge in [-0.1, -0.05) is 47.0 Å². The minimum atomic E-state index is 0.471. The number of nitrogens with one attached hydrogen (secondary N) is 1. The minimum Gasteiger partial charge on any atom is -0.271 e. The summed E-state index contributed by atoms with van der Waals surface area (Å²) in [7, 11) is 0. The topological polar surface area (TPSA) is 38.0 Å². The lowest BCUT2D eigenvalue weighted by molar-refractivity contribution is 0.114. The maximum absolute atomic E-state index is 5.84. The zero-order chi connectivity index (χ0) is 12.2. The number of hydrogen-bond donors (Lipinski definition) is 2. The summed E-state index contributed by atoms with van der Waals surface area (Å²) in [5.41, 5.74) is 3.61. The third kappa shape index (κ3) is 2.98. The van der Waals surface area contributed by atoms with Gasteiger partial charge in [-0.15, -0.1) is 0 Å². The fourth-order valence-electron chi connectivity index (χ4n) is 3.71. The zero-order valence-electron chi connectivity index (χ0n) is 11.6. The minimum absolute atomic E-state index is 0.471. The van der Waals surface area contributed by atoms with Gasteiger partial charge < -0.3 is 0 Å². The first-order chi connectivity index (χ1) is 7.55. The molecule has 0 aliphatic heterocycles. The molecule has 96 valence electrons. The molecule has 2 heteroatoms. The Morgan fingerprint density at radius 2 is 1.75 bits per heavy atom. The Morgan fingerprint density at radius 1 is 1.19 bits per heavy atom. The lowest BCUT2D eigenvalue weighted by Crippen LogP contribution is -2.51. The average molecular weight is 226 g/mol. The van der Waals surface area contributed by atoms with Crippen LogP contribution >= 0.6 is 0 Å². The first-order valence-corrected chi connectivity index (χ1v) is 7.02. The van der Waals surface area contributed by atoms with Crippen molar-refractivity contribution in [2.45, 2.75) is 72.3 Å². The van der Waals surface area contributed by atoms with E-state index in [0.717, 1.165) is 5.92 Å². The van der Waals surface area contributed by atoms with Crippen molar-refractivity contribution in [1.29, 1.82) is 0 Å². The second kappa shape index (κ2) is 6.02. The van der Waals surface area contributed by atoms with Gasteiger partial charge in [0.05, 0.1) is 0 Å². The first-order valence-electron chi connectivity index (χ1n) is 7.02. The molecule has 3 N–H and O–H groups in total. The molecule has 2 nitrogen and oxygen atoms in total. The number of hydrogen-bond acceptors (Lipinski definition) is 2. The molecule has 1 saturated carbocycles. The molecule has 0 aromatic heterocycles. The van der Waals surface area contributed by atoms with Gasteiger partial charge in [-0.05, 0) is 36.5 Å². The van der Waals surface area contributed by atoms with E-state index in [1.54, 1.807) is 0 Å². The number of rotatable bonds is 6. The predicted octanol–water partition coefficient (Wildman–Crippen LogP) is 3.47. The van der Waals surface area contributed by atoms with Gasteiger partial charge in [0.15, 0.2) is 0 Å². The van der Waals surface area contributed by atoms with Gasteiger partial charge in [0, 0.05) is 6.04 Å². The van der Waals surface area contributed by atoms with E-state index < -0.39 is 0 Å². The third-order valence-corrected chi connectivity index (χ3v) is 4.47. The van der Waals surface area contributed by atoms with Gasteiger partial charge in [-0.2, -0.15) is 0 Å². The van der Waals surface area contributed by atoms with Gasteiger partial charge >= 0.3 is 0 Å². The highest BCUT2D eigenvalue weighted by molar-refractivity contribution is 4.96. The Morgan fingerprint density at radius 3 is 2.12 bits per heavy atom. The normalized spacial score (nSPS) is 23.6. The molecule has 0 bridgehead atoms. The number of hydrazine groups is 1. The van der Waals surface area contributed by atoms with E-state index in [-0.39, 0.29) is 0 Å². The molecule has 0 aromatic rings. The van der Waals surface area contributed by atoms with Gasteiger partial charge in [0.1, 0.15) is 0 Å². The first kappa shape index (κ1) is 14.0. The summed E-state index contributed by atoms with van der Waals surface area (Å²) < 4.78 is 0. The van der Waals surface area contributed by atoms with Crippen molar-refractivity contribution in [1.82, 2.24) is 5.43 Å². The van der Waals surface area contributed by atoms with Crippen molar-refractivity contribution in [2.75, 3.05) is 0 Å². The van der Waals surface area contributed by atoms with Crippen molar-refractivity contribution in [3.05, 3.63) is 0 Å². The van der Waals surface area contributed by atoms with E-state index in [1.165, 1.54) is 38.5 Å². The second-order valence-corrected chi connectivity index (χ2v) is 6.20. The Balaban J connectivity index is 2.81. The Labute approximate surface area is 101 Å². The summed E-state index contributed by atoms with van der Waals surface area (Å²) in [6.07, 6.45) is 8.05. The van der Waals surface area contributed by atoms with Gasteiger partial charge in [0.2, 0.25) is 0 Å². The highest BCUT2D eigenvalue weighted by Crippen LogP contribution is 2.47. The standard InChI is InChI=1S/C14H30N2/c1-5-12(4)13(16-15)14(10-11(2)3)8-6-7-9-14/h11-13,16H,5-10,15H2,1-4H3. The van der Waals surface area contributed by atoms with Crippen LogP contribution in [0.2, 0.25) is 0 Å². The molecule has 0 aromatic carbocycles. The molecule has 1 rings (SSSR count). The van der Waals surface area contributed by atoms with Gasteiger partial charge in [-0.25, -0.2) is 0 Å². The Bertz CT molecular complexity index is 195. The highest BCUT2D eigenvalue weighted by Gasteiger charge is 2.42. The molecule has 1 aliphatic carbocycles. The molecule has 0 heterocycles. The lowest BCUT2D eigenvalue weighted by Gasteiger charge is -2.42. The SMILES string of the molecule is CCC(C)C(NN)C1(CC(C)C)CCCC1. The second-order valence-electron chi connectivity index (χ2n) is 6.20. The summed E-state index contributed by atoms with van der Waals surface area (Å²) in [6.45, 7) is 9.28. The van der Waals surface area contributed by atoms with Crippen LogP contribution in [0.1, 0.15) is 66.2 Å². The summed E-state index contributed by atoms with van der Waals surface area (Å²) in [4.78, 5) is 0. The van der Waals surface area contributed by atoms with Crippen LogP contribution in [0.4, 0.5) is 0 Å². The Kier molecular flexibility index (Phi) is 5.26. The summed E-state index contributed by atoms with van der Waals surface area (Å²) >= 11 is 0. The maximum atomic E-state index is 5.84. The molecule has 1 fully saturated rings. The van der Waals surface area contributed by atoms with Crippen LogP contribution in [0.5, 0.6) is 0 Å². The molecule has 16 heavy (non-hydrogen) atoms. The van der Waals surface area contributed by atoms with E-state index in [4.69, 9.17) is 5.84 Å². The largest absolute Gasteiger partial charge is 0.271 e. The van der Waals surface area contributed by atoms with Crippen molar-refractivity contribution in [3.8, 4) is 0 Å². The van der Waals surface area contributed by atoms with Crippen LogP contribution in [0.3, 0.4) is 0 Å². The monoisotopic (exact) mass is 226 g/mol. The van der Waals surface area contributed by atoms with Crippen molar-refractivity contribution >= 4 is 0 Å². The third-order valence-electron chi connectivity index (χ3n) is 4.47. The summed E-state index contributed by atoms with van der Waals surface area (Å²) in [5, 5.41) is 0. The van der Waals surface area contributed by atoms with Gasteiger partial charge in [0.25, 0.3) is 0 Å². The van der Waals surface area contributed by atoms with E-state index in [2.05, 4.69) is 33.1 Å². The van der Waals surface area contributed by atoms with Crippen molar-refractivity contribution in [2.24, 2.45) is 23.1 Å². The molecule has 0 radical (unpaired) electrons. The zero-order valence-corrected chi connectivity index (χ0v) is 11.6. The van der Waals surface area contributed by atoms with E-state index >= 15 is 0 Å². The van der Waals surface area contributed by atoms with Crippen molar-refractivity contribution in [3.63, 3.8) is 0 Å². The molecule has 0 amide bonds. The van der Waals surface area contributed by atoms with Crippen LogP contribution in [-0.2, 0) is 0 Å². The maximum Gasteiger partial charge on any atom is 0.0292 e. The van der Waals surface area contributed by atoms with Crippen LogP contribution in [0.15, 0.2) is 0 Å². The van der Waals surface area contributed by atoms with E-state index in [0.29, 0.717) is 17.4 Å². The fourth-order valence-corrected chi connectivity index (χ4v) is 3.71. The summed E-state index contributed by atoms with van der Waals surface area (Å²) in [6, 6.07) is 0.502. The smallest absolute Gasteiger partial charge is 0.0292 e. The molecule has 0 spiro atoms. The molecule has 2 atom stereocenters. The van der Waals surface area contributed by atoms with E-state index in [9.17, 15) is 0 Å². The average Bonchev–Trinajstić information content (AvgIpc) is 2.66. The molecule has 1 aliphatic rings. The molecular weight excluding hydrogens is 196 g/mol. The predicted molar refractivity (Wildman–Crippen MR) is 70.9 cm³/mol.